The SMILES string of the molecule is NCC(=O)NCC(=O)N[C@@H](CC(N)=O)C(=O)NCC(=O)NCC(=O)NCC(=O)NCC(=O)O. The zero-order valence-electron chi connectivity index (χ0n) is 17.4. The van der Waals surface area contributed by atoms with Crippen LogP contribution in [0.15, 0.2) is 0 Å². The summed E-state index contributed by atoms with van der Waals surface area (Å²) in [6.07, 6.45) is -0.587. The molecule has 0 radical (unpaired) electrons. The summed E-state index contributed by atoms with van der Waals surface area (Å²) in [6.45, 7) is -3.18. The van der Waals surface area contributed by atoms with E-state index in [1.54, 1.807) is 0 Å². The highest BCUT2D eigenvalue weighted by atomic mass is 16.4. The van der Waals surface area contributed by atoms with Crippen LogP contribution in [-0.4, -0.2) is 97.7 Å². The van der Waals surface area contributed by atoms with Crippen molar-refractivity contribution in [3.8, 4) is 0 Å². The third kappa shape index (κ3) is 15.2. The lowest BCUT2D eigenvalue weighted by molar-refractivity contribution is -0.138. The van der Waals surface area contributed by atoms with Crippen molar-refractivity contribution in [2.75, 3.05) is 39.3 Å². The van der Waals surface area contributed by atoms with Gasteiger partial charge in [0.05, 0.1) is 39.1 Å². The Morgan fingerprint density at radius 2 is 1.06 bits per heavy atom. The molecule has 17 nitrogen and oxygen atoms in total. The largest absolute Gasteiger partial charge is 0.480 e. The average molecular weight is 474 g/mol. The molecule has 0 bridgehead atoms. The Labute approximate surface area is 186 Å². The van der Waals surface area contributed by atoms with E-state index in [2.05, 4.69) is 26.6 Å². The van der Waals surface area contributed by atoms with E-state index in [1.807, 2.05) is 5.32 Å². The van der Waals surface area contributed by atoms with E-state index in [9.17, 15) is 38.4 Å². The van der Waals surface area contributed by atoms with Crippen LogP contribution in [0.4, 0.5) is 0 Å². The molecule has 11 N–H and O–H groups in total. The lowest BCUT2D eigenvalue weighted by Crippen LogP contribution is -2.52. The molecular weight excluding hydrogens is 448 g/mol. The van der Waals surface area contributed by atoms with Crippen LogP contribution in [0.1, 0.15) is 6.42 Å². The molecule has 0 aliphatic rings. The number of carboxylic acids is 1. The zero-order chi connectivity index (χ0) is 25.4. The minimum atomic E-state index is -1.43. The van der Waals surface area contributed by atoms with Crippen LogP contribution in [0, 0.1) is 0 Å². The molecule has 184 valence electrons. The fourth-order valence-corrected chi connectivity index (χ4v) is 1.92. The first-order valence-corrected chi connectivity index (χ1v) is 9.28. The van der Waals surface area contributed by atoms with E-state index in [4.69, 9.17) is 16.6 Å². The number of aliphatic carboxylic acids is 1. The van der Waals surface area contributed by atoms with Crippen molar-refractivity contribution in [1.29, 1.82) is 0 Å². The molecule has 0 aromatic rings. The van der Waals surface area contributed by atoms with Gasteiger partial charge in [0.15, 0.2) is 0 Å². The van der Waals surface area contributed by atoms with Gasteiger partial charge in [-0.05, 0) is 0 Å². The van der Waals surface area contributed by atoms with E-state index < -0.39 is 92.5 Å². The Kier molecular flexibility index (Phi) is 13.5. The maximum absolute atomic E-state index is 12.2. The molecule has 0 unspecified atom stereocenters. The van der Waals surface area contributed by atoms with E-state index in [1.165, 1.54) is 0 Å². The van der Waals surface area contributed by atoms with Crippen molar-refractivity contribution in [2.45, 2.75) is 12.5 Å². The second kappa shape index (κ2) is 15.5. The van der Waals surface area contributed by atoms with Gasteiger partial charge in [-0.3, -0.25) is 38.4 Å². The van der Waals surface area contributed by atoms with Crippen molar-refractivity contribution >= 4 is 47.3 Å². The standard InChI is InChI=1S/C16H26N8O9/c17-2-10(26)19-6-14(30)24-8(1-9(18)25)16(33)23-5-13(29)21-3-11(27)20-4-12(28)22-7-15(31)32/h8H,1-7,17H2,(H2,18,25)(H,19,26)(H,20,27)(H,21,29)(H,22,28)(H,23,33)(H,24,30)(H,31,32)/t8-/m0/s1. The fourth-order valence-electron chi connectivity index (χ4n) is 1.92. The predicted octanol–water partition coefficient (Wildman–Crippen LogP) is -7.03. The van der Waals surface area contributed by atoms with Gasteiger partial charge in [-0.15, -0.1) is 0 Å². The summed E-state index contributed by atoms with van der Waals surface area (Å²) in [5.74, 6) is -6.88. The minimum Gasteiger partial charge on any atom is -0.480 e. The minimum absolute atomic E-state index is 0.358. The third-order valence-electron chi connectivity index (χ3n) is 3.44. The molecule has 0 heterocycles. The molecule has 0 saturated carbocycles. The summed E-state index contributed by atoms with van der Waals surface area (Å²) in [5, 5.41) is 21.2. The number of hydrogen-bond acceptors (Lipinski definition) is 9. The van der Waals surface area contributed by atoms with Crippen molar-refractivity contribution in [1.82, 2.24) is 31.9 Å². The number of nitrogens with two attached hydrogens (primary N) is 2. The Balaban J connectivity index is 4.41. The molecular formula is C16H26N8O9. The molecule has 1 atom stereocenters. The second-order valence-electron chi connectivity index (χ2n) is 6.21. The molecule has 0 spiro atoms. The number of carbonyl (C=O) groups is 8. The fraction of sp³-hybridized carbons (Fsp3) is 0.500. The Bertz CT molecular complexity index is 786. The highest BCUT2D eigenvalue weighted by molar-refractivity contribution is 5.95. The number of rotatable bonds is 15. The van der Waals surface area contributed by atoms with Crippen LogP contribution in [0.25, 0.3) is 0 Å². The van der Waals surface area contributed by atoms with Crippen LogP contribution in [-0.2, 0) is 38.4 Å². The molecule has 0 aliphatic heterocycles. The Morgan fingerprint density at radius 3 is 1.52 bits per heavy atom. The predicted molar refractivity (Wildman–Crippen MR) is 107 cm³/mol. The first-order valence-electron chi connectivity index (χ1n) is 9.28. The highest BCUT2D eigenvalue weighted by Crippen LogP contribution is 1.92. The van der Waals surface area contributed by atoms with Crippen molar-refractivity contribution in [3.63, 3.8) is 0 Å². The Hall–Kier alpha value is -4.28. The molecule has 33 heavy (non-hydrogen) atoms. The number of hydrogen-bond donors (Lipinski definition) is 9. The quantitative estimate of drug-likeness (QED) is 0.108. The summed E-state index contributed by atoms with van der Waals surface area (Å²) >= 11 is 0. The van der Waals surface area contributed by atoms with Gasteiger partial charge >= 0.3 is 5.97 Å². The monoisotopic (exact) mass is 474 g/mol. The summed E-state index contributed by atoms with van der Waals surface area (Å²) in [7, 11) is 0. The number of amides is 7. The molecule has 0 aromatic heterocycles. The lowest BCUT2D eigenvalue weighted by atomic mass is 10.2. The van der Waals surface area contributed by atoms with Gasteiger partial charge in [-0.25, -0.2) is 0 Å². The number of primary amides is 1. The van der Waals surface area contributed by atoms with Crippen LogP contribution >= 0.6 is 0 Å². The topological polar surface area (TPSA) is 281 Å². The van der Waals surface area contributed by atoms with Gasteiger partial charge in [-0.1, -0.05) is 0 Å². The van der Waals surface area contributed by atoms with Gasteiger partial charge in [0.2, 0.25) is 41.4 Å². The first kappa shape index (κ1) is 28.7. The summed E-state index contributed by atoms with van der Waals surface area (Å²) in [6, 6.07) is -1.43. The van der Waals surface area contributed by atoms with E-state index >= 15 is 0 Å². The van der Waals surface area contributed by atoms with Crippen molar-refractivity contribution in [2.24, 2.45) is 11.5 Å². The summed E-state index contributed by atoms with van der Waals surface area (Å²) in [5.41, 5.74) is 10.1. The van der Waals surface area contributed by atoms with Crippen molar-refractivity contribution in [3.05, 3.63) is 0 Å². The normalized spacial score (nSPS) is 10.7. The summed E-state index contributed by atoms with van der Waals surface area (Å²) in [4.78, 5) is 91.0. The van der Waals surface area contributed by atoms with Gasteiger partial charge in [0.25, 0.3) is 0 Å². The van der Waals surface area contributed by atoms with Crippen LogP contribution < -0.4 is 43.4 Å². The van der Waals surface area contributed by atoms with Crippen LogP contribution in [0.3, 0.4) is 0 Å². The van der Waals surface area contributed by atoms with Crippen molar-refractivity contribution < 1.29 is 43.5 Å². The number of carbonyl (C=O) groups excluding carboxylic acids is 7. The summed E-state index contributed by atoms with van der Waals surface area (Å²) < 4.78 is 0. The highest BCUT2D eigenvalue weighted by Gasteiger charge is 2.23. The smallest absolute Gasteiger partial charge is 0.322 e. The Morgan fingerprint density at radius 1 is 0.636 bits per heavy atom. The van der Waals surface area contributed by atoms with Gasteiger partial charge < -0.3 is 48.5 Å². The van der Waals surface area contributed by atoms with Crippen LogP contribution in [0.5, 0.6) is 0 Å². The molecule has 17 heteroatoms. The van der Waals surface area contributed by atoms with E-state index in [-0.39, 0.29) is 6.54 Å². The number of nitrogens with one attached hydrogen (secondary N) is 6. The van der Waals surface area contributed by atoms with Gasteiger partial charge in [0, 0.05) is 0 Å². The molecule has 0 aliphatic carbocycles. The maximum atomic E-state index is 12.2. The van der Waals surface area contributed by atoms with Gasteiger partial charge in [0.1, 0.15) is 12.6 Å². The second-order valence-corrected chi connectivity index (χ2v) is 6.21. The lowest BCUT2D eigenvalue weighted by Gasteiger charge is -2.17. The molecule has 0 rings (SSSR count). The molecule has 0 aromatic carbocycles. The third-order valence-corrected chi connectivity index (χ3v) is 3.44. The van der Waals surface area contributed by atoms with Crippen LogP contribution in [0.2, 0.25) is 0 Å². The van der Waals surface area contributed by atoms with E-state index in [0.717, 1.165) is 0 Å². The zero-order valence-corrected chi connectivity index (χ0v) is 17.4. The molecule has 0 saturated heterocycles. The molecule has 7 amide bonds. The first-order chi connectivity index (χ1) is 15.4. The average Bonchev–Trinajstić information content (AvgIpc) is 2.75. The van der Waals surface area contributed by atoms with E-state index in [0.29, 0.717) is 0 Å². The maximum Gasteiger partial charge on any atom is 0.322 e. The number of carboxylic acid groups (broad SMARTS) is 1. The molecule has 0 fully saturated rings. The van der Waals surface area contributed by atoms with Gasteiger partial charge in [-0.2, -0.15) is 0 Å².